The number of aromatic hydroxyl groups is 1. The molecule has 7 heteroatoms. The number of amides is 1. The molecule has 0 aliphatic carbocycles. The molecule has 0 atom stereocenters. The monoisotopic (exact) mass is 473 g/mol. The van der Waals surface area contributed by atoms with Crippen LogP contribution in [0.25, 0.3) is 6.08 Å². The highest BCUT2D eigenvalue weighted by Crippen LogP contribution is 2.30. The van der Waals surface area contributed by atoms with Crippen molar-refractivity contribution < 1.29 is 24.2 Å². The first-order valence-corrected chi connectivity index (χ1v) is 10.4. The number of hydrogen-bond acceptors (Lipinski definition) is 5. The Morgan fingerprint density at radius 3 is 2.40 bits per heavy atom. The van der Waals surface area contributed by atoms with Crippen LogP contribution in [-0.2, 0) is 4.74 Å². The van der Waals surface area contributed by atoms with Crippen LogP contribution in [0.15, 0.2) is 46.9 Å². The van der Waals surface area contributed by atoms with Crippen LogP contribution in [0.2, 0.25) is 0 Å². The Hall–Kier alpha value is -2.80. The van der Waals surface area contributed by atoms with E-state index in [-0.39, 0.29) is 23.1 Å². The summed E-state index contributed by atoms with van der Waals surface area (Å²) >= 11 is 3.38. The summed E-state index contributed by atoms with van der Waals surface area (Å²) in [5.74, 6) is -0.0383. The predicted molar refractivity (Wildman–Crippen MR) is 118 cm³/mol. The molecule has 0 aromatic heterocycles. The molecular weight excluding hydrogens is 450 g/mol. The summed E-state index contributed by atoms with van der Waals surface area (Å²) in [5.41, 5.74) is 1.33. The van der Waals surface area contributed by atoms with E-state index in [4.69, 9.17) is 9.47 Å². The van der Waals surface area contributed by atoms with Gasteiger partial charge in [0.05, 0.1) is 14.2 Å². The van der Waals surface area contributed by atoms with E-state index in [2.05, 4.69) is 15.9 Å². The topological polar surface area (TPSA) is 76.1 Å². The molecular formula is C23H24BrNO5. The van der Waals surface area contributed by atoms with Gasteiger partial charge in [-0.25, -0.2) is 4.79 Å². The fourth-order valence-corrected chi connectivity index (χ4v) is 3.77. The largest absolute Gasteiger partial charge is 0.507 e. The first kappa shape index (κ1) is 21.9. The lowest BCUT2D eigenvalue weighted by Gasteiger charge is -2.31. The smallest absolute Gasteiger partial charge is 0.342 e. The summed E-state index contributed by atoms with van der Waals surface area (Å²) in [6.07, 6.45) is 5.47. The number of likely N-dealkylation sites (tertiary alicyclic amines) is 1. The molecule has 0 bridgehead atoms. The number of carbonyl (C=O) groups is 2. The van der Waals surface area contributed by atoms with Crippen LogP contribution in [0.1, 0.15) is 39.1 Å². The van der Waals surface area contributed by atoms with Crippen LogP contribution in [0, 0.1) is 5.92 Å². The molecule has 1 amide bonds. The molecule has 0 saturated carbocycles. The molecule has 3 rings (SSSR count). The molecule has 1 N–H and O–H groups in total. The van der Waals surface area contributed by atoms with Gasteiger partial charge in [-0.2, -0.15) is 0 Å². The van der Waals surface area contributed by atoms with Gasteiger partial charge in [-0.1, -0.05) is 28.1 Å². The highest BCUT2D eigenvalue weighted by Gasteiger charge is 2.23. The van der Waals surface area contributed by atoms with Gasteiger partial charge in [-0.3, -0.25) is 4.79 Å². The van der Waals surface area contributed by atoms with Crippen molar-refractivity contribution in [2.75, 3.05) is 27.3 Å². The summed E-state index contributed by atoms with van der Waals surface area (Å²) in [4.78, 5) is 26.6. The lowest BCUT2D eigenvalue weighted by molar-refractivity contribution is 0.0596. The maximum absolute atomic E-state index is 12.7. The van der Waals surface area contributed by atoms with Crippen molar-refractivity contribution in [3.8, 4) is 11.5 Å². The molecule has 1 aliphatic rings. The second-order valence-corrected chi connectivity index (χ2v) is 8.01. The number of piperidine rings is 1. The Balaban J connectivity index is 1.69. The van der Waals surface area contributed by atoms with E-state index in [1.165, 1.54) is 20.3 Å². The van der Waals surface area contributed by atoms with Crippen LogP contribution in [-0.4, -0.2) is 49.2 Å². The minimum atomic E-state index is -0.607. The SMILES string of the molecule is COC(=O)c1c(O)cc(OC)cc1C=CC1CCN(C(=O)c2ccc(Br)cc2)CC1. The van der Waals surface area contributed by atoms with Gasteiger partial charge in [0.25, 0.3) is 5.91 Å². The molecule has 30 heavy (non-hydrogen) atoms. The second kappa shape index (κ2) is 9.80. The van der Waals surface area contributed by atoms with Crippen molar-refractivity contribution in [1.29, 1.82) is 0 Å². The van der Waals surface area contributed by atoms with E-state index >= 15 is 0 Å². The van der Waals surface area contributed by atoms with Crippen LogP contribution < -0.4 is 4.74 Å². The summed E-state index contributed by atoms with van der Waals surface area (Å²) in [6.45, 7) is 1.33. The lowest BCUT2D eigenvalue weighted by atomic mass is 9.94. The lowest BCUT2D eigenvalue weighted by Crippen LogP contribution is -2.38. The molecule has 6 nitrogen and oxygen atoms in total. The highest BCUT2D eigenvalue weighted by atomic mass is 79.9. The summed E-state index contributed by atoms with van der Waals surface area (Å²) in [7, 11) is 2.77. The van der Waals surface area contributed by atoms with E-state index in [1.54, 1.807) is 6.07 Å². The maximum atomic E-state index is 12.7. The van der Waals surface area contributed by atoms with Crippen LogP contribution in [0.3, 0.4) is 0 Å². The zero-order valence-electron chi connectivity index (χ0n) is 16.9. The summed E-state index contributed by atoms with van der Waals surface area (Å²) in [6, 6.07) is 10.4. The van der Waals surface area contributed by atoms with E-state index in [9.17, 15) is 14.7 Å². The quantitative estimate of drug-likeness (QED) is 0.646. The van der Waals surface area contributed by atoms with Gasteiger partial charge < -0.3 is 19.5 Å². The molecule has 1 aliphatic heterocycles. The number of allylic oxidation sites excluding steroid dienone is 1. The van der Waals surface area contributed by atoms with Crippen LogP contribution in [0.5, 0.6) is 11.5 Å². The van der Waals surface area contributed by atoms with Crippen molar-refractivity contribution in [1.82, 2.24) is 4.90 Å². The highest BCUT2D eigenvalue weighted by molar-refractivity contribution is 9.10. The first-order chi connectivity index (χ1) is 14.4. The van der Waals surface area contributed by atoms with Crippen molar-refractivity contribution in [3.05, 3.63) is 63.6 Å². The van der Waals surface area contributed by atoms with Crippen molar-refractivity contribution >= 4 is 33.9 Å². The number of rotatable bonds is 5. The molecule has 2 aromatic carbocycles. The van der Waals surface area contributed by atoms with Crippen molar-refractivity contribution in [3.63, 3.8) is 0 Å². The van der Waals surface area contributed by atoms with Gasteiger partial charge in [0.15, 0.2) is 0 Å². The standard InChI is InChI=1S/C23H24BrNO5/c1-29-19-13-17(21(20(26)14-19)23(28)30-2)4-3-15-9-11-25(12-10-15)22(27)16-5-7-18(24)8-6-16/h3-8,13-15,26H,9-12H2,1-2H3. The maximum Gasteiger partial charge on any atom is 0.342 e. The Kier molecular flexibility index (Phi) is 7.15. The minimum absolute atomic E-state index is 0.0376. The first-order valence-electron chi connectivity index (χ1n) is 9.65. The Bertz CT molecular complexity index is 947. The average molecular weight is 474 g/mol. The van der Waals surface area contributed by atoms with E-state index in [0.29, 0.717) is 30.0 Å². The summed E-state index contributed by atoms with van der Waals surface area (Å²) < 4.78 is 10.9. The minimum Gasteiger partial charge on any atom is -0.507 e. The van der Waals surface area contributed by atoms with Gasteiger partial charge in [0.2, 0.25) is 0 Å². The average Bonchev–Trinajstić information content (AvgIpc) is 2.77. The van der Waals surface area contributed by atoms with Gasteiger partial charge >= 0.3 is 5.97 Å². The Morgan fingerprint density at radius 1 is 1.13 bits per heavy atom. The number of benzene rings is 2. The molecule has 1 fully saturated rings. The summed E-state index contributed by atoms with van der Waals surface area (Å²) in [5, 5.41) is 10.2. The van der Waals surface area contributed by atoms with Gasteiger partial charge in [-0.05, 0) is 54.7 Å². The molecule has 0 spiro atoms. The fraction of sp³-hybridized carbons (Fsp3) is 0.304. The number of phenols is 1. The number of methoxy groups -OCH3 is 2. The molecule has 1 saturated heterocycles. The molecule has 0 unspecified atom stereocenters. The van der Waals surface area contributed by atoms with Gasteiger partial charge in [-0.15, -0.1) is 0 Å². The molecule has 2 aromatic rings. The van der Waals surface area contributed by atoms with Crippen molar-refractivity contribution in [2.45, 2.75) is 12.8 Å². The molecule has 0 radical (unpaired) electrons. The molecule has 158 valence electrons. The van der Waals surface area contributed by atoms with Crippen LogP contribution >= 0.6 is 15.9 Å². The number of carbonyl (C=O) groups excluding carboxylic acids is 2. The Labute approximate surface area is 184 Å². The number of halogens is 1. The predicted octanol–water partition coefficient (Wildman–Crippen LogP) is 4.52. The normalized spacial score (nSPS) is 14.7. The fourth-order valence-electron chi connectivity index (χ4n) is 3.51. The second-order valence-electron chi connectivity index (χ2n) is 7.10. The van der Waals surface area contributed by atoms with Crippen molar-refractivity contribution in [2.24, 2.45) is 5.92 Å². The zero-order valence-corrected chi connectivity index (χ0v) is 18.5. The number of nitrogens with zero attached hydrogens (tertiary/aromatic N) is 1. The number of hydrogen-bond donors (Lipinski definition) is 1. The van der Waals surface area contributed by atoms with Crippen LogP contribution in [0.4, 0.5) is 0 Å². The van der Waals surface area contributed by atoms with E-state index in [1.807, 2.05) is 41.3 Å². The third-order valence-corrected chi connectivity index (χ3v) is 5.74. The third kappa shape index (κ3) is 5.02. The van der Waals surface area contributed by atoms with E-state index < -0.39 is 5.97 Å². The van der Waals surface area contributed by atoms with Gasteiger partial charge in [0, 0.05) is 29.2 Å². The molecule has 1 heterocycles. The Morgan fingerprint density at radius 2 is 1.80 bits per heavy atom. The number of ether oxygens (including phenoxy) is 2. The number of esters is 1. The van der Waals surface area contributed by atoms with E-state index in [0.717, 1.165) is 17.3 Å². The third-order valence-electron chi connectivity index (χ3n) is 5.21. The zero-order chi connectivity index (χ0) is 21.7. The van der Waals surface area contributed by atoms with Gasteiger partial charge in [0.1, 0.15) is 17.1 Å². The number of phenolic OH excluding ortho intramolecular Hbond substituents is 1.